The molecule has 5 rings (SSSR count). The average molecular weight is 378 g/mol. The van der Waals surface area contributed by atoms with Crippen LogP contribution in [0.2, 0.25) is 0 Å². The van der Waals surface area contributed by atoms with Crippen LogP contribution in [0.5, 0.6) is 0 Å². The summed E-state index contributed by atoms with van der Waals surface area (Å²) in [6.45, 7) is 5.05. The summed E-state index contributed by atoms with van der Waals surface area (Å²) in [6.07, 6.45) is 3.52. The maximum atomic E-state index is 4.65. The Morgan fingerprint density at radius 1 is 0.655 bits per heavy atom. The van der Waals surface area contributed by atoms with Crippen LogP contribution >= 0.6 is 0 Å². The number of aryl methyl sites for hydroxylation is 2. The van der Waals surface area contributed by atoms with E-state index in [1.165, 1.54) is 22.3 Å². The number of anilines is 4. The number of hydrogen-bond acceptors (Lipinski definition) is 4. The smallest absolute Gasteiger partial charge is 0.178 e. The van der Waals surface area contributed by atoms with Crippen molar-refractivity contribution in [1.29, 1.82) is 0 Å². The van der Waals surface area contributed by atoms with Gasteiger partial charge in [0.1, 0.15) is 6.67 Å². The molecular weight excluding hydrogens is 356 g/mol. The summed E-state index contributed by atoms with van der Waals surface area (Å²) < 4.78 is 0. The van der Waals surface area contributed by atoms with E-state index in [-0.39, 0.29) is 0 Å². The Morgan fingerprint density at radius 3 is 1.76 bits per heavy atom. The van der Waals surface area contributed by atoms with E-state index in [9.17, 15) is 0 Å². The summed E-state index contributed by atoms with van der Waals surface area (Å²) in [6, 6.07) is 25.4. The van der Waals surface area contributed by atoms with Gasteiger partial charge in [0.25, 0.3) is 0 Å². The van der Waals surface area contributed by atoms with E-state index >= 15 is 0 Å². The first kappa shape index (κ1) is 17.4. The number of aromatic nitrogens is 2. The monoisotopic (exact) mass is 378 g/mol. The lowest BCUT2D eigenvalue weighted by atomic mass is 9.95. The first-order chi connectivity index (χ1) is 14.2. The van der Waals surface area contributed by atoms with Gasteiger partial charge in [-0.2, -0.15) is 0 Å². The zero-order chi connectivity index (χ0) is 19.8. The number of rotatable bonds is 3. The second kappa shape index (κ2) is 7.06. The second-order valence-electron chi connectivity index (χ2n) is 7.36. The molecule has 1 aliphatic rings. The molecule has 0 bridgehead atoms. The van der Waals surface area contributed by atoms with Crippen LogP contribution in [0.25, 0.3) is 11.1 Å². The fraction of sp³-hybridized carbons (Fsp3) is 0.120. The second-order valence-corrected chi connectivity index (χ2v) is 7.36. The predicted octanol–water partition coefficient (Wildman–Crippen LogP) is 6.01. The van der Waals surface area contributed by atoms with Crippen molar-refractivity contribution in [3.05, 3.63) is 96.3 Å². The molecule has 0 radical (unpaired) electrons. The lowest BCUT2D eigenvalue weighted by Gasteiger charge is -2.23. The number of nitrogens with zero attached hydrogens (tertiary/aromatic N) is 4. The normalized spacial score (nSPS) is 12.9. The zero-order valence-corrected chi connectivity index (χ0v) is 16.6. The van der Waals surface area contributed by atoms with Gasteiger partial charge in [-0.3, -0.25) is 0 Å². The quantitative estimate of drug-likeness (QED) is 0.437. The molecule has 4 aromatic rings. The molecule has 0 unspecified atom stereocenters. The van der Waals surface area contributed by atoms with Crippen molar-refractivity contribution in [2.45, 2.75) is 13.8 Å². The molecule has 4 heteroatoms. The molecule has 1 aliphatic heterocycles. The highest BCUT2D eigenvalue weighted by atomic mass is 15.4. The van der Waals surface area contributed by atoms with Crippen molar-refractivity contribution in [2.24, 2.45) is 0 Å². The lowest BCUT2D eigenvalue weighted by molar-refractivity contribution is 0.974. The van der Waals surface area contributed by atoms with Crippen molar-refractivity contribution in [3.63, 3.8) is 0 Å². The molecule has 0 aliphatic carbocycles. The Hall–Kier alpha value is -3.66. The topological polar surface area (TPSA) is 32.3 Å². The summed E-state index contributed by atoms with van der Waals surface area (Å²) in [7, 11) is 0. The fourth-order valence-corrected chi connectivity index (χ4v) is 4.15. The summed E-state index contributed by atoms with van der Waals surface area (Å²) in [5, 5.41) is 0. The first-order valence-electron chi connectivity index (χ1n) is 9.80. The van der Waals surface area contributed by atoms with Crippen molar-refractivity contribution >= 4 is 23.0 Å². The zero-order valence-electron chi connectivity index (χ0n) is 16.6. The van der Waals surface area contributed by atoms with Crippen molar-refractivity contribution < 1.29 is 0 Å². The molecule has 1 aromatic heterocycles. The highest BCUT2D eigenvalue weighted by molar-refractivity contribution is 5.83. The minimum absolute atomic E-state index is 0.687. The molecule has 0 spiro atoms. The lowest BCUT2D eigenvalue weighted by Crippen LogP contribution is -2.24. The van der Waals surface area contributed by atoms with Gasteiger partial charge in [-0.15, -0.1) is 0 Å². The van der Waals surface area contributed by atoms with Crippen LogP contribution in [0.15, 0.2) is 85.2 Å². The number of fused-ring (bicyclic) bond motifs is 1. The Kier molecular flexibility index (Phi) is 4.24. The molecule has 0 fully saturated rings. The molecule has 0 amide bonds. The van der Waals surface area contributed by atoms with Gasteiger partial charge >= 0.3 is 0 Å². The van der Waals surface area contributed by atoms with Crippen LogP contribution in [-0.2, 0) is 0 Å². The minimum Gasteiger partial charge on any atom is -0.305 e. The van der Waals surface area contributed by atoms with Crippen molar-refractivity contribution in [1.82, 2.24) is 9.97 Å². The molecule has 3 aromatic carbocycles. The standard InChI is InChI=1S/C25H22N4/c1-18-15-22(16-19(2)23(18)20-9-5-3-6-10-20)29-17-28(21-11-7-4-8-12-21)24-25(29)27-14-13-26-24/h3-16H,17H2,1-2H3. The van der Waals surface area contributed by atoms with Gasteiger partial charge in [-0.25, -0.2) is 9.97 Å². The third-order valence-electron chi connectivity index (χ3n) is 5.41. The van der Waals surface area contributed by atoms with E-state index in [0.717, 1.165) is 23.0 Å². The molecule has 0 saturated carbocycles. The minimum atomic E-state index is 0.687. The summed E-state index contributed by atoms with van der Waals surface area (Å²) in [4.78, 5) is 13.7. The number of hydrogen-bond donors (Lipinski definition) is 0. The van der Waals surface area contributed by atoms with Crippen LogP contribution < -0.4 is 9.80 Å². The molecule has 0 N–H and O–H groups in total. The van der Waals surface area contributed by atoms with E-state index in [1.807, 2.05) is 6.07 Å². The third-order valence-corrected chi connectivity index (χ3v) is 5.41. The molecule has 0 atom stereocenters. The van der Waals surface area contributed by atoms with E-state index in [2.05, 4.69) is 100 Å². The predicted molar refractivity (Wildman–Crippen MR) is 119 cm³/mol. The Bertz CT molecular complexity index is 1130. The maximum Gasteiger partial charge on any atom is 0.178 e. The Morgan fingerprint density at radius 2 is 1.17 bits per heavy atom. The molecule has 29 heavy (non-hydrogen) atoms. The maximum absolute atomic E-state index is 4.65. The molecule has 142 valence electrons. The van der Waals surface area contributed by atoms with Gasteiger partial charge < -0.3 is 9.80 Å². The molecule has 4 nitrogen and oxygen atoms in total. The van der Waals surface area contributed by atoms with Crippen LogP contribution in [0.4, 0.5) is 23.0 Å². The van der Waals surface area contributed by atoms with Crippen LogP contribution in [0.3, 0.4) is 0 Å². The Labute approximate surface area is 171 Å². The van der Waals surface area contributed by atoms with Crippen LogP contribution in [0, 0.1) is 13.8 Å². The highest BCUT2D eigenvalue weighted by Gasteiger charge is 2.31. The van der Waals surface area contributed by atoms with Crippen molar-refractivity contribution in [3.8, 4) is 11.1 Å². The largest absolute Gasteiger partial charge is 0.305 e. The summed E-state index contributed by atoms with van der Waals surface area (Å²) in [5.41, 5.74) is 7.32. The molecular formula is C25H22N4. The summed E-state index contributed by atoms with van der Waals surface area (Å²) in [5.74, 6) is 1.78. The van der Waals surface area contributed by atoms with E-state index in [1.54, 1.807) is 12.4 Å². The van der Waals surface area contributed by atoms with Crippen LogP contribution in [-0.4, -0.2) is 16.6 Å². The van der Waals surface area contributed by atoms with Gasteiger partial charge in [-0.1, -0.05) is 48.5 Å². The molecule has 0 saturated heterocycles. The first-order valence-corrected chi connectivity index (χ1v) is 9.80. The fourth-order valence-electron chi connectivity index (χ4n) is 4.15. The summed E-state index contributed by atoms with van der Waals surface area (Å²) >= 11 is 0. The van der Waals surface area contributed by atoms with Crippen molar-refractivity contribution in [2.75, 3.05) is 16.5 Å². The van der Waals surface area contributed by atoms with E-state index in [4.69, 9.17) is 0 Å². The number of para-hydroxylation sites is 1. The average Bonchev–Trinajstić information content (AvgIpc) is 3.14. The van der Waals surface area contributed by atoms with E-state index in [0.29, 0.717) is 6.67 Å². The third kappa shape index (κ3) is 3.03. The van der Waals surface area contributed by atoms with E-state index < -0.39 is 0 Å². The van der Waals surface area contributed by atoms with Gasteiger partial charge in [-0.05, 0) is 60.4 Å². The highest BCUT2D eigenvalue weighted by Crippen LogP contribution is 2.42. The van der Waals surface area contributed by atoms with Gasteiger partial charge in [0.05, 0.1) is 0 Å². The number of benzene rings is 3. The van der Waals surface area contributed by atoms with Gasteiger partial charge in [0.15, 0.2) is 11.6 Å². The molecule has 2 heterocycles. The van der Waals surface area contributed by atoms with Gasteiger partial charge in [0.2, 0.25) is 0 Å². The van der Waals surface area contributed by atoms with Crippen LogP contribution in [0.1, 0.15) is 11.1 Å². The Balaban J connectivity index is 1.58. The van der Waals surface area contributed by atoms with Gasteiger partial charge in [0, 0.05) is 23.8 Å². The SMILES string of the molecule is Cc1cc(N2CN(c3ccccc3)c3nccnc32)cc(C)c1-c1ccccc1.